The van der Waals surface area contributed by atoms with Crippen molar-refractivity contribution in [3.8, 4) is 0 Å². The molecule has 0 fully saturated rings. The van der Waals surface area contributed by atoms with E-state index < -0.39 is 11.7 Å². The zero-order valence-corrected chi connectivity index (χ0v) is 15.6. The van der Waals surface area contributed by atoms with Crippen molar-refractivity contribution in [2.75, 3.05) is 4.90 Å². The van der Waals surface area contributed by atoms with E-state index >= 15 is 0 Å². The van der Waals surface area contributed by atoms with Crippen molar-refractivity contribution in [1.82, 2.24) is 5.48 Å². The number of carbonyl (C=O) groups is 1. The second-order valence-electron chi connectivity index (χ2n) is 6.52. The fraction of sp³-hybridized carbons (Fsp3) is 0.238. The zero-order chi connectivity index (χ0) is 19.6. The molecule has 1 aliphatic heterocycles. The van der Waals surface area contributed by atoms with Gasteiger partial charge in [0, 0.05) is 29.8 Å². The Morgan fingerprint density at radius 3 is 2.67 bits per heavy atom. The van der Waals surface area contributed by atoms with Gasteiger partial charge in [-0.25, -0.2) is 14.9 Å². The molecular formula is C21H22FN3O2. The molecule has 1 heterocycles. The Labute approximate surface area is 157 Å². The number of hydrogen-bond acceptors (Lipinski definition) is 4. The highest BCUT2D eigenvalue weighted by Crippen LogP contribution is 2.35. The monoisotopic (exact) mass is 367 g/mol. The molecule has 0 aliphatic carbocycles. The van der Waals surface area contributed by atoms with E-state index in [-0.39, 0.29) is 5.56 Å². The quantitative estimate of drug-likeness (QED) is 0.478. The Hall–Kier alpha value is -2.99. The summed E-state index contributed by atoms with van der Waals surface area (Å²) in [6, 6.07) is 9.25. The summed E-state index contributed by atoms with van der Waals surface area (Å²) in [5, 5.41) is 8.57. The zero-order valence-electron chi connectivity index (χ0n) is 15.6. The van der Waals surface area contributed by atoms with Gasteiger partial charge in [-0.05, 0) is 42.7 Å². The first-order valence-corrected chi connectivity index (χ1v) is 8.80. The first kappa shape index (κ1) is 18.8. The van der Waals surface area contributed by atoms with Gasteiger partial charge in [0.15, 0.2) is 0 Å². The average molecular weight is 367 g/mol. The number of aliphatic imine (C=N–C) groups is 1. The summed E-state index contributed by atoms with van der Waals surface area (Å²) >= 11 is 0. The first-order valence-electron chi connectivity index (χ1n) is 8.80. The van der Waals surface area contributed by atoms with E-state index in [4.69, 9.17) is 5.21 Å². The smallest absolute Gasteiger partial charge is 0.267 e. The molecule has 140 valence electrons. The number of halogens is 1. The molecule has 2 aromatic rings. The molecule has 5 nitrogen and oxygen atoms in total. The fourth-order valence-corrected chi connectivity index (χ4v) is 3.36. The van der Waals surface area contributed by atoms with Crippen molar-refractivity contribution in [3.63, 3.8) is 0 Å². The Morgan fingerprint density at radius 1 is 1.33 bits per heavy atom. The van der Waals surface area contributed by atoms with Crippen LogP contribution in [-0.4, -0.2) is 17.0 Å². The number of anilines is 1. The predicted octanol–water partition coefficient (Wildman–Crippen LogP) is 4.42. The van der Waals surface area contributed by atoms with Gasteiger partial charge in [-0.1, -0.05) is 25.1 Å². The maximum atomic E-state index is 14.4. The molecule has 0 bridgehead atoms. The van der Waals surface area contributed by atoms with Crippen LogP contribution < -0.4 is 10.4 Å². The van der Waals surface area contributed by atoms with Crippen LogP contribution in [0.25, 0.3) is 6.08 Å². The molecule has 1 aliphatic rings. The Bertz CT molecular complexity index is 930. The molecule has 0 aromatic heterocycles. The third kappa shape index (κ3) is 3.75. The molecule has 1 amide bonds. The fourth-order valence-electron chi connectivity index (χ4n) is 3.36. The molecule has 27 heavy (non-hydrogen) atoms. The molecular weight excluding hydrogens is 345 g/mol. The Kier molecular flexibility index (Phi) is 5.37. The number of nitrogens with zero attached hydrogens (tertiary/aromatic N) is 2. The molecule has 0 saturated carbocycles. The molecule has 0 spiro atoms. The molecule has 6 heteroatoms. The van der Waals surface area contributed by atoms with Crippen molar-refractivity contribution < 1.29 is 14.4 Å². The van der Waals surface area contributed by atoms with Crippen molar-refractivity contribution in [2.24, 2.45) is 4.99 Å². The summed E-state index contributed by atoms with van der Waals surface area (Å²) < 4.78 is 14.4. The van der Waals surface area contributed by atoms with E-state index in [1.165, 1.54) is 17.6 Å². The Balaban J connectivity index is 2.05. The number of aryl methyl sites for hydroxylation is 2. The normalized spacial score (nSPS) is 13.5. The lowest BCUT2D eigenvalue weighted by atomic mass is 10.0. The summed E-state index contributed by atoms with van der Waals surface area (Å²) in [7, 11) is 0. The van der Waals surface area contributed by atoms with Crippen molar-refractivity contribution in [2.45, 2.75) is 33.7 Å². The topological polar surface area (TPSA) is 64.9 Å². The predicted molar refractivity (Wildman–Crippen MR) is 105 cm³/mol. The minimum atomic E-state index is -0.712. The van der Waals surface area contributed by atoms with Gasteiger partial charge < -0.3 is 4.90 Å². The van der Waals surface area contributed by atoms with E-state index in [9.17, 15) is 9.18 Å². The van der Waals surface area contributed by atoms with E-state index in [2.05, 4.69) is 35.9 Å². The first-order chi connectivity index (χ1) is 12.9. The van der Waals surface area contributed by atoms with E-state index in [1.54, 1.807) is 6.07 Å². The second kappa shape index (κ2) is 7.72. The Morgan fingerprint density at radius 2 is 2.04 bits per heavy atom. The van der Waals surface area contributed by atoms with Crippen LogP contribution in [0.15, 0.2) is 41.4 Å². The molecule has 0 atom stereocenters. The second-order valence-corrected chi connectivity index (χ2v) is 6.52. The van der Waals surface area contributed by atoms with Crippen LogP contribution >= 0.6 is 0 Å². The maximum Gasteiger partial charge on any atom is 0.267 e. The van der Waals surface area contributed by atoms with Gasteiger partial charge in [0.1, 0.15) is 11.7 Å². The van der Waals surface area contributed by atoms with E-state index in [0.29, 0.717) is 12.2 Å². The van der Waals surface area contributed by atoms with Gasteiger partial charge in [-0.15, -0.1) is 0 Å². The number of nitrogens with one attached hydrogen (secondary N) is 1. The number of amides is 1. The van der Waals surface area contributed by atoms with Crippen molar-refractivity contribution >= 4 is 29.2 Å². The summed E-state index contributed by atoms with van der Waals surface area (Å²) in [5.74, 6) is -0.284. The van der Waals surface area contributed by atoms with Crippen LogP contribution in [0.1, 0.15) is 35.6 Å². The number of hydrogen-bond donors (Lipinski definition) is 2. The number of carbonyl (C=O) groups excluding carboxylic acids is 1. The van der Waals surface area contributed by atoms with Gasteiger partial charge in [0.05, 0.1) is 12.2 Å². The number of rotatable bonds is 4. The molecule has 3 rings (SSSR count). The standard InChI is InChI=1S/C21H22FN3O2/c1-4-19-23-18-11-17(22)15(8-9-20(26)24-27)10-16(18)12-25(19)21-13(2)6-5-7-14(21)3/h5-11,27H,4,12H2,1-3H3,(H,24,26)/b9-8+. The maximum absolute atomic E-state index is 14.4. The number of fused-ring (bicyclic) bond motifs is 1. The van der Waals surface area contributed by atoms with Crippen LogP contribution in [-0.2, 0) is 11.3 Å². The van der Waals surface area contributed by atoms with E-state index in [1.807, 2.05) is 13.0 Å². The van der Waals surface area contributed by atoms with E-state index in [0.717, 1.165) is 40.7 Å². The van der Waals surface area contributed by atoms with Gasteiger partial charge in [0.2, 0.25) is 0 Å². The summed E-state index contributed by atoms with van der Waals surface area (Å²) in [6.45, 7) is 6.74. The third-order valence-electron chi connectivity index (χ3n) is 4.64. The van der Waals surface area contributed by atoms with Crippen molar-refractivity contribution in [1.29, 1.82) is 0 Å². The minimum absolute atomic E-state index is 0.272. The van der Waals surface area contributed by atoms with Gasteiger partial charge in [0.25, 0.3) is 5.91 Å². The minimum Gasteiger partial charge on any atom is -0.325 e. The van der Waals surface area contributed by atoms with Crippen molar-refractivity contribution in [3.05, 3.63) is 64.5 Å². The van der Waals surface area contributed by atoms with Crippen LogP contribution in [0.2, 0.25) is 0 Å². The lowest BCUT2D eigenvalue weighted by molar-refractivity contribution is -0.124. The summed E-state index contributed by atoms with van der Waals surface area (Å²) in [6.07, 6.45) is 3.15. The summed E-state index contributed by atoms with van der Waals surface area (Å²) in [4.78, 5) is 18.0. The third-order valence-corrected chi connectivity index (χ3v) is 4.64. The number of para-hydroxylation sites is 1. The average Bonchev–Trinajstić information content (AvgIpc) is 2.65. The molecule has 0 radical (unpaired) electrons. The van der Waals surface area contributed by atoms with Crippen LogP contribution in [0.4, 0.5) is 15.8 Å². The molecule has 2 N–H and O–H groups in total. The van der Waals surface area contributed by atoms with Gasteiger partial charge >= 0.3 is 0 Å². The highest BCUT2D eigenvalue weighted by atomic mass is 19.1. The molecule has 0 unspecified atom stereocenters. The lowest BCUT2D eigenvalue weighted by Crippen LogP contribution is -2.33. The molecule has 2 aromatic carbocycles. The van der Waals surface area contributed by atoms with Gasteiger partial charge in [-0.3, -0.25) is 10.0 Å². The molecule has 0 saturated heterocycles. The van der Waals surface area contributed by atoms with Crippen LogP contribution in [0.3, 0.4) is 0 Å². The number of amidine groups is 1. The van der Waals surface area contributed by atoms with Gasteiger partial charge in [-0.2, -0.15) is 0 Å². The highest BCUT2D eigenvalue weighted by Gasteiger charge is 2.23. The number of hydroxylamine groups is 1. The number of benzene rings is 2. The largest absolute Gasteiger partial charge is 0.325 e. The SMILES string of the molecule is CCC1=Nc2cc(F)c(/C=C/C(=O)NO)cc2CN1c1c(C)cccc1C. The van der Waals surface area contributed by atoms with Crippen LogP contribution in [0.5, 0.6) is 0 Å². The lowest BCUT2D eigenvalue weighted by Gasteiger charge is -2.33. The highest BCUT2D eigenvalue weighted by molar-refractivity contribution is 6.02. The van der Waals surface area contributed by atoms with Crippen LogP contribution in [0, 0.1) is 19.7 Å². The summed E-state index contributed by atoms with van der Waals surface area (Å²) in [5.41, 5.74) is 6.67.